The number of rotatable bonds is 4. The lowest BCUT2D eigenvalue weighted by Gasteiger charge is -2.11. The van der Waals surface area contributed by atoms with Gasteiger partial charge in [0.15, 0.2) is 0 Å². The molecular formula is C13H16N2O3S. The van der Waals surface area contributed by atoms with Gasteiger partial charge in [0, 0.05) is 0 Å². The van der Waals surface area contributed by atoms with Crippen LogP contribution < -0.4 is 5.32 Å². The van der Waals surface area contributed by atoms with Crippen LogP contribution in [0.5, 0.6) is 0 Å². The molecule has 0 saturated heterocycles. The van der Waals surface area contributed by atoms with Crippen LogP contribution >= 0.6 is 11.3 Å². The number of hydrogen-bond acceptors (Lipinski definition) is 4. The molecule has 1 aromatic rings. The third-order valence-electron chi connectivity index (χ3n) is 4.29. The number of nitrogens with zero attached hydrogens (tertiary/aromatic N) is 1. The summed E-state index contributed by atoms with van der Waals surface area (Å²) >= 11 is 1.14. The lowest BCUT2D eigenvalue weighted by atomic mass is 10.0. The summed E-state index contributed by atoms with van der Waals surface area (Å²) in [4.78, 5) is 27.5. The van der Waals surface area contributed by atoms with Crippen LogP contribution in [0.1, 0.15) is 46.1 Å². The number of carboxylic acid groups (broad SMARTS) is 1. The zero-order valence-corrected chi connectivity index (χ0v) is 11.5. The second-order valence-electron chi connectivity index (χ2n) is 5.46. The van der Waals surface area contributed by atoms with E-state index in [1.54, 1.807) is 6.92 Å². The van der Waals surface area contributed by atoms with Gasteiger partial charge >= 0.3 is 5.97 Å². The number of aryl methyl sites for hydroxylation is 1. The minimum absolute atomic E-state index is 0.0953. The summed E-state index contributed by atoms with van der Waals surface area (Å²) in [5.41, 5.74) is 0.423. The van der Waals surface area contributed by atoms with E-state index in [-0.39, 0.29) is 16.2 Å². The molecule has 5 nitrogen and oxygen atoms in total. The zero-order valence-electron chi connectivity index (χ0n) is 10.7. The first kappa shape index (κ1) is 12.6. The largest absolute Gasteiger partial charge is 0.477 e. The van der Waals surface area contributed by atoms with Crippen molar-refractivity contribution >= 4 is 23.2 Å². The van der Waals surface area contributed by atoms with Gasteiger partial charge in [-0.25, -0.2) is 9.78 Å². The molecule has 1 amide bonds. The summed E-state index contributed by atoms with van der Waals surface area (Å²) in [7, 11) is 0. The number of carbonyl (C=O) groups excluding carboxylic acids is 1. The number of aromatic nitrogens is 1. The number of carboxylic acids is 1. The molecule has 0 unspecified atom stereocenters. The first-order chi connectivity index (χ1) is 9.03. The van der Waals surface area contributed by atoms with E-state index in [1.165, 1.54) is 6.42 Å². The number of aromatic carboxylic acids is 1. The average Bonchev–Trinajstić information content (AvgIpc) is 2.75. The molecule has 0 aliphatic heterocycles. The Bertz CT molecular complexity index is 554. The molecule has 2 atom stereocenters. The highest BCUT2D eigenvalue weighted by atomic mass is 32.1. The van der Waals surface area contributed by atoms with Gasteiger partial charge in [0.05, 0.1) is 17.7 Å². The fourth-order valence-electron chi connectivity index (χ4n) is 3.18. The summed E-state index contributed by atoms with van der Waals surface area (Å²) in [5.74, 6) is -0.246. The molecule has 19 heavy (non-hydrogen) atoms. The van der Waals surface area contributed by atoms with Crippen molar-refractivity contribution in [1.29, 1.82) is 0 Å². The van der Waals surface area contributed by atoms with Crippen molar-refractivity contribution in [1.82, 2.24) is 10.3 Å². The third-order valence-corrected chi connectivity index (χ3v) is 5.44. The van der Waals surface area contributed by atoms with Gasteiger partial charge in [-0.05, 0) is 32.1 Å². The lowest BCUT2D eigenvalue weighted by molar-refractivity contribution is -0.126. The zero-order chi connectivity index (χ0) is 13.6. The summed E-state index contributed by atoms with van der Waals surface area (Å²) in [6.07, 6.45) is 4.35. The first-order valence-electron chi connectivity index (χ1n) is 6.51. The number of amides is 1. The molecule has 6 heteroatoms. The summed E-state index contributed by atoms with van der Waals surface area (Å²) in [5, 5.41) is 12.5. The van der Waals surface area contributed by atoms with E-state index in [4.69, 9.17) is 5.11 Å². The van der Waals surface area contributed by atoms with Crippen LogP contribution in [0.15, 0.2) is 0 Å². The maximum atomic E-state index is 12.2. The maximum Gasteiger partial charge on any atom is 0.347 e. The van der Waals surface area contributed by atoms with Crippen molar-refractivity contribution in [3.63, 3.8) is 0 Å². The van der Waals surface area contributed by atoms with Gasteiger partial charge < -0.3 is 10.4 Å². The minimum Gasteiger partial charge on any atom is -0.477 e. The smallest absolute Gasteiger partial charge is 0.347 e. The Balaban J connectivity index is 1.62. The van der Waals surface area contributed by atoms with Gasteiger partial charge in [-0.2, -0.15) is 0 Å². The van der Waals surface area contributed by atoms with E-state index in [1.807, 2.05) is 0 Å². The number of carbonyl (C=O) groups is 2. The highest BCUT2D eigenvalue weighted by Gasteiger charge is 2.61. The van der Waals surface area contributed by atoms with Crippen molar-refractivity contribution in [3.8, 4) is 0 Å². The molecule has 2 N–H and O–H groups in total. The van der Waals surface area contributed by atoms with Crippen molar-refractivity contribution in [2.24, 2.45) is 11.3 Å². The summed E-state index contributed by atoms with van der Waals surface area (Å²) in [6, 6.07) is 0. The fraction of sp³-hybridized carbons (Fsp3) is 0.615. The van der Waals surface area contributed by atoms with Crippen LogP contribution in [0.3, 0.4) is 0 Å². The Morgan fingerprint density at radius 2 is 2.37 bits per heavy atom. The molecule has 2 saturated carbocycles. The second-order valence-corrected chi connectivity index (χ2v) is 6.54. The topological polar surface area (TPSA) is 79.3 Å². The summed E-state index contributed by atoms with van der Waals surface area (Å²) in [6.45, 7) is 2.02. The van der Waals surface area contributed by atoms with Gasteiger partial charge in [0.1, 0.15) is 9.88 Å². The van der Waals surface area contributed by atoms with Crippen molar-refractivity contribution in [2.45, 2.75) is 39.2 Å². The first-order valence-corrected chi connectivity index (χ1v) is 7.32. The van der Waals surface area contributed by atoms with Gasteiger partial charge in [-0.15, -0.1) is 11.3 Å². The number of thiazole rings is 1. The van der Waals surface area contributed by atoms with Crippen LogP contribution in [0.4, 0.5) is 0 Å². The normalized spacial score (nSPS) is 27.9. The molecule has 3 rings (SSSR count). The lowest BCUT2D eigenvalue weighted by Crippen LogP contribution is -2.31. The maximum absolute atomic E-state index is 12.2. The molecule has 102 valence electrons. The Hall–Kier alpha value is -1.43. The highest BCUT2D eigenvalue weighted by molar-refractivity contribution is 7.13. The molecule has 1 heterocycles. The van der Waals surface area contributed by atoms with Crippen LogP contribution in [0.2, 0.25) is 0 Å². The van der Waals surface area contributed by atoms with Crippen molar-refractivity contribution < 1.29 is 14.7 Å². The molecule has 0 bridgehead atoms. The Morgan fingerprint density at radius 1 is 1.58 bits per heavy atom. The van der Waals surface area contributed by atoms with E-state index in [0.29, 0.717) is 23.2 Å². The fourth-order valence-corrected chi connectivity index (χ4v) is 4.02. The van der Waals surface area contributed by atoms with Crippen LogP contribution in [-0.4, -0.2) is 22.0 Å². The molecule has 2 aliphatic rings. The Kier molecular flexibility index (Phi) is 2.85. The molecule has 2 fully saturated rings. The van der Waals surface area contributed by atoms with E-state index in [2.05, 4.69) is 10.3 Å². The van der Waals surface area contributed by atoms with Gasteiger partial charge in [-0.1, -0.05) is 6.42 Å². The van der Waals surface area contributed by atoms with E-state index in [9.17, 15) is 9.59 Å². The molecule has 0 radical (unpaired) electrons. The Labute approximate surface area is 115 Å². The molecule has 0 spiro atoms. The van der Waals surface area contributed by atoms with Crippen molar-refractivity contribution in [2.75, 3.05) is 0 Å². The van der Waals surface area contributed by atoms with E-state index < -0.39 is 5.97 Å². The second kappa shape index (κ2) is 4.30. The standard InChI is InChI=1S/C13H16N2O3S/c1-7-10(11(16)17)19-9(15-7)6-14-12(18)13-4-2-3-8(13)5-13/h8H,2-6H2,1H3,(H,14,18)(H,16,17)/t8-,13-/m1/s1. The average molecular weight is 280 g/mol. The van der Waals surface area contributed by atoms with Gasteiger partial charge in [0.2, 0.25) is 5.91 Å². The molecule has 2 aliphatic carbocycles. The molecule has 1 aromatic heterocycles. The van der Waals surface area contributed by atoms with E-state index >= 15 is 0 Å². The van der Waals surface area contributed by atoms with Crippen molar-refractivity contribution in [3.05, 3.63) is 15.6 Å². The minimum atomic E-state index is -0.954. The predicted molar refractivity (Wildman–Crippen MR) is 70.0 cm³/mol. The third kappa shape index (κ3) is 2.04. The van der Waals surface area contributed by atoms with Crippen LogP contribution in [-0.2, 0) is 11.3 Å². The molecule has 0 aromatic carbocycles. The number of hydrogen-bond donors (Lipinski definition) is 2. The molecular weight excluding hydrogens is 264 g/mol. The van der Waals surface area contributed by atoms with Crippen LogP contribution in [0, 0.1) is 18.3 Å². The SMILES string of the molecule is Cc1nc(CNC(=O)[C@@]23CCC[C@@H]2C3)sc1C(=O)O. The van der Waals surface area contributed by atoms with Gasteiger partial charge in [0.25, 0.3) is 0 Å². The number of nitrogens with one attached hydrogen (secondary N) is 1. The van der Waals surface area contributed by atoms with Crippen LogP contribution in [0.25, 0.3) is 0 Å². The monoisotopic (exact) mass is 280 g/mol. The van der Waals surface area contributed by atoms with E-state index in [0.717, 1.165) is 30.6 Å². The Morgan fingerprint density at radius 3 is 2.89 bits per heavy atom. The van der Waals surface area contributed by atoms with Gasteiger partial charge in [-0.3, -0.25) is 4.79 Å². The quantitative estimate of drug-likeness (QED) is 0.883. The summed E-state index contributed by atoms with van der Waals surface area (Å²) < 4.78 is 0. The predicted octanol–water partition coefficient (Wildman–Crippen LogP) is 1.96. The number of fused-ring (bicyclic) bond motifs is 1. The highest BCUT2D eigenvalue weighted by Crippen LogP contribution is 2.63.